The van der Waals surface area contributed by atoms with Crippen LogP contribution in [-0.2, 0) is 0 Å². The third-order valence-corrected chi connectivity index (χ3v) is 3.12. The van der Waals surface area contributed by atoms with Crippen LogP contribution in [0.2, 0.25) is 0 Å². The van der Waals surface area contributed by atoms with E-state index in [1.807, 2.05) is 0 Å². The number of aliphatic hydroxyl groups is 1. The molecule has 2 N–H and O–H groups in total. The highest BCUT2D eigenvalue weighted by Gasteiger charge is 2.15. The molecule has 124 valence electrons. The second kappa shape index (κ2) is 7.23. The Kier molecular flexibility index (Phi) is 5.33. The Morgan fingerprint density at radius 2 is 2.04 bits per heavy atom. The maximum atomic E-state index is 13.0. The molecule has 2 rings (SSSR count). The topological polar surface area (TPSA) is 71.7 Å². The van der Waals surface area contributed by atoms with Gasteiger partial charge in [0.2, 0.25) is 0 Å². The fraction of sp³-hybridized carbons (Fsp3) is 0.312. The van der Waals surface area contributed by atoms with Crippen molar-refractivity contribution in [3.8, 4) is 5.75 Å². The van der Waals surface area contributed by atoms with Gasteiger partial charge in [-0.1, -0.05) is 0 Å². The molecule has 0 fully saturated rings. The van der Waals surface area contributed by atoms with Crippen LogP contribution < -0.4 is 10.1 Å². The molecule has 0 saturated carbocycles. The van der Waals surface area contributed by atoms with Crippen molar-refractivity contribution in [1.29, 1.82) is 0 Å². The van der Waals surface area contributed by atoms with Gasteiger partial charge in [-0.15, -0.1) is 0 Å². The Balaban J connectivity index is 1.80. The zero-order valence-corrected chi connectivity index (χ0v) is 12.7. The molecule has 0 aliphatic rings. The molecule has 0 bridgehead atoms. The van der Waals surface area contributed by atoms with Gasteiger partial charge >= 0.3 is 0 Å². The summed E-state index contributed by atoms with van der Waals surface area (Å²) in [6.07, 6.45) is -1.000. The lowest BCUT2D eigenvalue weighted by Crippen LogP contribution is -2.35. The summed E-state index contributed by atoms with van der Waals surface area (Å²) < 4.78 is 36.2. The van der Waals surface area contributed by atoms with Crippen LogP contribution in [0.4, 0.5) is 8.78 Å². The number of halogens is 2. The molecule has 23 heavy (non-hydrogen) atoms. The lowest BCUT2D eigenvalue weighted by Gasteiger charge is -2.13. The zero-order valence-electron chi connectivity index (χ0n) is 12.7. The van der Waals surface area contributed by atoms with E-state index in [4.69, 9.17) is 9.15 Å². The average Bonchev–Trinajstić information content (AvgIpc) is 2.84. The van der Waals surface area contributed by atoms with Crippen LogP contribution in [-0.4, -0.2) is 30.3 Å². The van der Waals surface area contributed by atoms with Crippen LogP contribution >= 0.6 is 0 Å². The number of nitrogens with one attached hydrogen (secondary N) is 1. The molecule has 1 aromatic heterocycles. The third kappa shape index (κ3) is 4.53. The van der Waals surface area contributed by atoms with Gasteiger partial charge in [0.1, 0.15) is 30.0 Å². The zero-order chi connectivity index (χ0) is 17.0. The van der Waals surface area contributed by atoms with Gasteiger partial charge in [0, 0.05) is 12.6 Å². The minimum absolute atomic E-state index is 0.0494. The first-order chi connectivity index (χ1) is 10.9. The van der Waals surface area contributed by atoms with Gasteiger partial charge in [0.15, 0.2) is 11.6 Å². The smallest absolute Gasteiger partial charge is 0.254 e. The number of carbonyl (C=O) groups excluding carboxylic acids is 1. The molecule has 1 heterocycles. The van der Waals surface area contributed by atoms with Gasteiger partial charge in [0.05, 0.1) is 5.56 Å². The largest absolute Gasteiger partial charge is 0.491 e. The predicted octanol–water partition coefficient (Wildman–Crippen LogP) is 2.34. The number of benzene rings is 1. The van der Waals surface area contributed by atoms with E-state index < -0.39 is 17.7 Å². The third-order valence-electron chi connectivity index (χ3n) is 3.12. The Morgan fingerprint density at radius 3 is 2.65 bits per heavy atom. The van der Waals surface area contributed by atoms with Crippen molar-refractivity contribution >= 4 is 5.91 Å². The number of rotatable bonds is 6. The molecule has 1 aromatic carbocycles. The van der Waals surface area contributed by atoms with E-state index in [9.17, 15) is 18.7 Å². The minimum Gasteiger partial charge on any atom is -0.491 e. The van der Waals surface area contributed by atoms with Gasteiger partial charge in [0.25, 0.3) is 5.91 Å². The fourth-order valence-corrected chi connectivity index (χ4v) is 1.98. The minimum atomic E-state index is -1.03. The number of amides is 1. The molecule has 0 saturated heterocycles. The van der Waals surface area contributed by atoms with Crippen molar-refractivity contribution in [2.24, 2.45) is 0 Å². The van der Waals surface area contributed by atoms with Crippen LogP contribution in [0, 0.1) is 25.5 Å². The summed E-state index contributed by atoms with van der Waals surface area (Å²) in [6, 6.07) is 4.68. The van der Waals surface area contributed by atoms with Gasteiger partial charge < -0.3 is 19.6 Å². The highest BCUT2D eigenvalue weighted by molar-refractivity contribution is 5.95. The van der Waals surface area contributed by atoms with E-state index in [1.165, 1.54) is 6.07 Å². The number of ether oxygens (including phenoxy) is 1. The summed E-state index contributed by atoms with van der Waals surface area (Å²) in [4.78, 5) is 11.9. The first-order valence-electron chi connectivity index (χ1n) is 6.98. The maximum Gasteiger partial charge on any atom is 0.254 e. The van der Waals surface area contributed by atoms with Crippen LogP contribution in [0.1, 0.15) is 21.9 Å². The average molecular weight is 325 g/mol. The summed E-state index contributed by atoms with van der Waals surface area (Å²) >= 11 is 0. The summed E-state index contributed by atoms with van der Waals surface area (Å²) in [5, 5.41) is 12.3. The number of aliphatic hydroxyl groups excluding tert-OH is 1. The number of hydrogen-bond acceptors (Lipinski definition) is 4. The molecule has 1 unspecified atom stereocenters. The number of furan rings is 1. The quantitative estimate of drug-likeness (QED) is 0.855. The lowest BCUT2D eigenvalue weighted by atomic mass is 10.2. The Morgan fingerprint density at radius 1 is 1.30 bits per heavy atom. The molecule has 0 aliphatic carbocycles. The van der Waals surface area contributed by atoms with E-state index in [1.54, 1.807) is 19.9 Å². The molecule has 0 aliphatic heterocycles. The lowest BCUT2D eigenvalue weighted by molar-refractivity contribution is 0.0842. The summed E-state index contributed by atoms with van der Waals surface area (Å²) in [5.74, 6) is -1.17. The van der Waals surface area contributed by atoms with Gasteiger partial charge in [-0.25, -0.2) is 8.78 Å². The van der Waals surface area contributed by atoms with Gasteiger partial charge in [-0.3, -0.25) is 4.79 Å². The molecule has 2 aromatic rings. The van der Waals surface area contributed by atoms with Crippen LogP contribution in [0.3, 0.4) is 0 Å². The molecule has 5 nitrogen and oxygen atoms in total. The number of aryl methyl sites for hydroxylation is 2. The Hall–Kier alpha value is -2.41. The molecule has 1 amide bonds. The van der Waals surface area contributed by atoms with Crippen molar-refractivity contribution in [2.75, 3.05) is 13.2 Å². The molecule has 0 radical (unpaired) electrons. The Labute approximate surface area is 131 Å². The second-order valence-corrected chi connectivity index (χ2v) is 5.08. The Bertz CT molecular complexity index is 699. The van der Waals surface area contributed by atoms with Crippen molar-refractivity contribution in [1.82, 2.24) is 5.32 Å². The van der Waals surface area contributed by atoms with Crippen molar-refractivity contribution in [3.05, 3.63) is 53.0 Å². The van der Waals surface area contributed by atoms with Crippen molar-refractivity contribution in [2.45, 2.75) is 20.0 Å². The van der Waals surface area contributed by atoms with E-state index in [-0.39, 0.29) is 24.8 Å². The van der Waals surface area contributed by atoms with E-state index in [0.717, 1.165) is 12.1 Å². The van der Waals surface area contributed by atoms with Crippen molar-refractivity contribution < 1.29 is 27.8 Å². The van der Waals surface area contributed by atoms with Crippen LogP contribution in [0.5, 0.6) is 5.75 Å². The number of carbonyl (C=O) groups is 1. The van der Waals surface area contributed by atoms with Crippen LogP contribution in [0.15, 0.2) is 28.7 Å². The number of hydrogen-bond donors (Lipinski definition) is 2. The summed E-state index contributed by atoms with van der Waals surface area (Å²) in [6.45, 7) is 3.18. The van der Waals surface area contributed by atoms with Crippen molar-refractivity contribution in [3.63, 3.8) is 0 Å². The maximum absolute atomic E-state index is 13.0. The fourth-order valence-electron chi connectivity index (χ4n) is 1.98. The SMILES string of the molecule is Cc1cc(C(=O)NCC(O)COc2ccc(F)c(F)c2)c(C)o1. The first kappa shape index (κ1) is 17.0. The highest BCUT2D eigenvalue weighted by atomic mass is 19.2. The summed E-state index contributed by atoms with van der Waals surface area (Å²) in [5.41, 5.74) is 0.399. The molecular formula is C16H17F2NO4. The second-order valence-electron chi connectivity index (χ2n) is 5.08. The predicted molar refractivity (Wildman–Crippen MR) is 78.4 cm³/mol. The molecule has 0 spiro atoms. The summed E-state index contributed by atoms with van der Waals surface area (Å²) in [7, 11) is 0. The van der Waals surface area contributed by atoms with E-state index >= 15 is 0 Å². The molecule has 1 atom stereocenters. The normalized spacial score (nSPS) is 12.0. The van der Waals surface area contributed by atoms with Gasteiger partial charge in [-0.2, -0.15) is 0 Å². The monoisotopic (exact) mass is 325 g/mol. The highest BCUT2D eigenvalue weighted by Crippen LogP contribution is 2.16. The van der Waals surface area contributed by atoms with E-state index in [0.29, 0.717) is 17.1 Å². The molecular weight excluding hydrogens is 308 g/mol. The molecule has 7 heteroatoms. The standard InChI is InChI=1S/C16H17F2NO4/c1-9-5-13(10(2)23-9)16(21)19-7-11(20)8-22-12-3-4-14(17)15(18)6-12/h3-6,11,20H,7-8H2,1-2H3,(H,19,21). The first-order valence-corrected chi connectivity index (χ1v) is 6.98. The van der Waals surface area contributed by atoms with Gasteiger partial charge in [-0.05, 0) is 32.0 Å². The van der Waals surface area contributed by atoms with E-state index in [2.05, 4.69) is 5.32 Å². The van der Waals surface area contributed by atoms with Crippen LogP contribution in [0.25, 0.3) is 0 Å².